The Labute approximate surface area is 182 Å². The molecule has 1 saturated heterocycles. The minimum absolute atomic E-state index is 0. The number of rotatable bonds is 2. The van der Waals surface area contributed by atoms with E-state index in [1.54, 1.807) is 6.07 Å². The van der Waals surface area contributed by atoms with Crippen LogP contribution >= 0.6 is 12.4 Å². The Bertz CT molecular complexity index is 993. The van der Waals surface area contributed by atoms with E-state index in [0.29, 0.717) is 5.96 Å². The van der Waals surface area contributed by atoms with E-state index in [9.17, 15) is 4.39 Å². The standard InChI is InChI=1S/C23H26FN5.ClH/c1-28-10-12-29(13-11-28)18-7-3-16(4-8-18)21-19-9-5-15-2-6-17(24)14-20(15)22(19)27-23(25)26-21;/h2-4,6-8,14,21H,5,9-13H2,1H3,(H3,25,26,27);1H. The molecule has 0 radical (unpaired) electrons. The summed E-state index contributed by atoms with van der Waals surface area (Å²) in [7, 11) is 2.17. The Morgan fingerprint density at radius 3 is 2.50 bits per heavy atom. The fourth-order valence-electron chi connectivity index (χ4n) is 4.57. The predicted molar refractivity (Wildman–Crippen MR) is 123 cm³/mol. The number of hydrogen-bond acceptors (Lipinski definition) is 5. The maximum Gasteiger partial charge on any atom is 0.194 e. The molecule has 1 aliphatic carbocycles. The maximum atomic E-state index is 13.9. The van der Waals surface area contributed by atoms with E-state index in [-0.39, 0.29) is 24.3 Å². The number of hydrogen-bond donors (Lipinski definition) is 2. The van der Waals surface area contributed by atoms with Crippen LogP contribution in [-0.4, -0.2) is 44.1 Å². The molecule has 1 fully saturated rings. The van der Waals surface area contributed by atoms with Crippen molar-refractivity contribution in [3.8, 4) is 0 Å². The SMILES string of the molecule is CN1CCN(c2ccc(C3N=C(N)NC4=C3CCc3ccc(F)cc34)cc2)CC1.Cl. The maximum absolute atomic E-state index is 13.9. The molecule has 0 saturated carbocycles. The summed E-state index contributed by atoms with van der Waals surface area (Å²) in [4.78, 5) is 9.48. The van der Waals surface area contributed by atoms with Gasteiger partial charge in [-0.25, -0.2) is 9.38 Å². The summed E-state index contributed by atoms with van der Waals surface area (Å²) in [5, 5.41) is 3.20. The number of guanidine groups is 1. The molecular formula is C23H27ClFN5. The third kappa shape index (κ3) is 3.77. The molecule has 1 atom stereocenters. The van der Waals surface area contributed by atoms with E-state index in [2.05, 4.69) is 46.4 Å². The number of halogens is 2. The molecule has 0 aromatic heterocycles. The zero-order valence-electron chi connectivity index (χ0n) is 17.1. The Kier molecular flexibility index (Phi) is 5.71. The number of likely N-dealkylation sites (N-methyl/N-ethyl adjacent to an activating group) is 1. The lowest BCUT2D eigenvalue weighted by atomic mass is 9.83. The molecule has 0 amide bonds. The van der Waals surface area contributed by atoms with Crippen molar-refractivity contribution in [1.29, 1.82) is 0 Å². The van der Waals surface area contributed by atoms with Gasteiger partial charge < -0.3 is 20.9 Å². The van der Waals surface area contributed by atoms with Gasteiger partial charge in [0.25, 0.3) is 0 Å². The summed E-state index contributed by atoms with van der Waals surface area (Å²) in [5.41, 5.74) is 12.7. The molecule has 2 aromatic carbocycles. The van der Waals surface area contributed by atoms with Crippen LogP contribution < -0.4 is 16.0 Å². The number of fused-ring (bicyclic) bond motifs is 2. The molecule has 3 N–H and O–H groups in total. The van der Waals surface area contributed by atoms with E-state index >= 15 is 0 Å². The van der Waals surface area contributed by atoms with Crippen LogP contribution in [0.1, 0.15) is 29.2 Å². The van der Waals surface area contributed by atoms with Gasteiger partial charge in [0, 0.05) is 37.4 Å². The highest BCUT2D eigenvalue weighted by Crippen LogP contribution is 2.41. The van der Waals surface area contributed by atoms with Crippen LogP contribution in [0, 0.1) is 5.82 Å². The molecule has 2 aliphatic heterocycles. The van der Waals surface area contributed by atoms with Crippen LogP contribution in [0.15, 0.2) is 53.0 Å². The van der Waals surface area contributed by atoms with Crippen molar-refractivity contribution in [2.75, 3.05) is 38.1 Å². The number of anilines is 1. The Morgan fingerprint density at radius 1 is 1.03 bits per heavy atom. The second-order valence-electron chi connectivity index (χ2n) is 8.13. The lowest BCUT2D eigenvalue weighted by Gasteiger charge is -2.34. The fourth-order valence-corrected chi connectivity index (χ4v) is 4.57. The lowest BCUT2D eigenvalue weighted by Crippen LogP contribution is -2.44. The first kappa shape index (κ1) is 20.7. The molecule has 5 nitrogen and oxygen atoms in total. The molecule has 5 rings (SSSR count). The second-order valence-corrected chi connectivity index (χ2v) is 8.13. The highest BCUT2D eigenvalue weighted by Gasteiger charge is 2.30. The molecular weight excluding hydrogens is 401 g/mol. The average Bonchev–Trinajstić information content (AvgIpc) is 2.74. The normalized spacial score (nSPS) is 21.2. The first-order chi connectivity index (χ1) is 14.1. The van der Waals surface area contributed by atoms with Gasteiger partial charge in [0.15, 0.2) is 5.96 Å². The fraction of sp³-hybridized carbons (Fsp3) is 0.348. The van der Waals surface area contributed by atoms with Crippen molar-refractivity contribution in [3.05, 3.63) is 70.5 Å². The van der Waals surface area contributed by atoms with Gasteiger partial charge in [0.1, 0.15) is 11.9 Å². The molecule has 7 heteroatoms. The van der Waals surface area contributed by atoms with Crippen molar-refractivity contribution in [2.45, 2.75) is 18.9 Å². The zero-order valence-corrected chi connectivity index (χ0v) is 17.9. The predicted octanol–water partition coefficient (Wildman–Crippen LogP) is 3.32. The summed E-state index contributed by atoms with van der Waals surface area (Å²) in [6.07, 6.45) is 1.78. The smallest absolute Gasteiger partial charge is 0.194 e. The zero-order chi connectivity index (χ0) is 20.0. The lowest BCUT2D eigenvalue weighted by molar-refractivity contribution is 0.313. The van der Waals surface area contributed by atoms with Gasteiger partial charge >= 0.3 is 0 Å². The van der Waals surface area contributed by atoms with E-state index in [1.807, 2.05) is 6.07 Å². The van der Waals surface area contributed by atoms with E-state index in [1.165, 1.54) is 17.3 Å². The van der Waals surface area contributed by atoms with Gasteiger partial charge in [0.05, 0.1) is 5.70 Å². The highest BCUT2D eigenvalue weighted by molar-refractivity contribution is 5.92. The number of nitrogens with one attached hydrogen (secondary N) is 1. The molecule has 2 aromatic rings. The summed E-state index contributed by atoms with van der Waals surface area (Å²) in [6, 6.07) is 13.6. The van der Waals surface area contributed by atoms with E-state index in [4.69, 9.17) is 10.7 Å². The van der Waals surface area contributed by atoms with Crippen LogP contribution in [0.4, 0.5) is 10.1 Å². The third-order valence-electron chi connectivity index (χ3n) is 6.25. The molecule has 1 unspecified atom stereocenters. The third-order valence-corrected chi connectivity index (χ3v) is 6.25. The first-order valence-corrected chi connectivity index (χ1v) is 10.2. The molecule has 30 heavy (non-hydrogen) atoms. The van der Waals surface area contributed by atoms with Crippen molar-refractivity contribution >= 4 is 29.8 Å². The van der Waals surface area contributed by atoms with E-state index in [0.717, 1.165) is 61.4 Å². The summed E-state index contributed by atoms with van der Waals surface area (Å²) < 4.78 is 13.9. The summed E-state index contributed by atoms with van der Waals surface area (Å²) >= 11 is 0. The highest BCUT2D eigenvalue weighted by atomic mass is 35.5. The topological polar surface area (TPSA) is 56.9 Å². The Morgan fingerprint density at radius 2 is 1.77 bits per heavy atom. The first-order valence-electron chi connectivity index (χ1n) is 10.2. The Balaban J connectivity index is 0.00000218. The van der Waals surface area contributed by atoms with Gasteiger partial charge in [-0.2, -0.15) is 0 Å². The molecule has 158 valence electrons. The quantitative estimate of drug-likeness (QED) is 0.772. The van der Waals surface area contributed by atoms with Crippen LogP contribution in [0.25, 0.3) is 5.70 Å². The molecule has 2 heterocycles. The number of aryl methyl sites for hydroxylation is 1. The largest absolute Gasteiger partial charge is 0.370 e. The van der Waals surface area contributed by atoms with Gasteiger partial charge in [-0.1, -0.05) is 18.2 Å². The number of nitrogens with two attached hydrogens (primary N) is 1. The van der Waals surface area contributed by atoms with Crippen LogP contribution in [-0.2, 0) is 6.42 Å². The molecule has 0 bridgehead atoms. The number of benzene rings is 2. The van der Waals surface area contributed by atoms with Crippen molar-refractivity contribution in [1.82, 2.24) is 10.2 Å². The van der Waals surface area contributed by atoms with Crippen LogP contribution in [0.3, 0.4) is 0 Å². The van der Waals surface area contributed by atoms with Crippen molar-refractivity contribution in [2.24, 2.45) is 10.7 Å². The number of nitrogens with zero attached hydrogens (tertiary/aromatic N) is 3. The number of piperazine rings is 1. The molecule has 0 spiro atoms. The average molecular weight is 428 g/mol. The molecule has 3 aliphatic rings. The van der Waals surface area contributed by atoms with Crippen LogP contribution in [0.5, 0.6) is 0 Å². The van der Waals surface area contributed by atoms with Crippen molar-refractivity contribution < 1.29 is 4.39 Å². The van der Waals surface area contributed by atoms with Crippen LogP contribution in [0.2, 0.25) is 0 Å². The monoisotopic (exact) mass is 427 g/mol. The van der Waals surface area contributed by atoms with Gasteiger partial charge in [-0.3, -0.25) is 0 Å². The van der Waals surface area contributed by atoms with E-state index < -0.39 is 0 Å². The van der Waals surface area contributed by atoms with Gasteiger partial charge in [0.2, 0.25) is 0 Å². The second kappa shape index (κ2) is 8.28. The Hall–Kier alpha value is -2.57. The summed E-state index contributed by atoms with van der Waals surface area (Å²) in [6.45, 7) is 4.27. The van der Waals surface area contributed by atoms with Gasteiger partial charge in [-0.15, -0.1) is 12.4 Å². The number of aliphatic imine (C=N–C) groups is 1. The van der Waals surface area contributed by atoms with Crippen molar-refractivity contribution in [3.63, 3.8) is 0 Å². The summed E-state index contributed by atoms with van der Waals surface area (Å²) in [5.74, 6) is 0.155. The minimum atomic E-state index is -0.228. The van der Waals surface area contributed by atoms with Gasteiger partial charge in [-0.05, 0) is 60.9 Å². The minimum Gasteiger partial charge on any atom is -0.370 e.